The lowest BCUT2D eigenvalue weighted by molar-refractivity contribution is -0.123. The molecule has 4 rings (SSSR count). The van der Waals surface area contributed by atoms with Crippen LogP contribution in [0, 0.1) is 5.41 Å². The summed E-state index contributed by atoms with van der Waals surface area (Å²) in [5.74, 6) is 1.69. The maximum atomic E-state index is 13.8. The van der Waals surface area contributed by atoms with Gasteiger partial charge in [0, 0.05) is 50.7 Å². The number of pyridine rings is 2. The number of carbonyl (C=O) groups excluding carboxylic acids is 3. The number of aryl methyl sites for hydroxylation is 1. The summed E-state index contributed by atoms with van der Waals surface area (Å²) >= 11 is 0. The van der Waals surface area contributed by atoms with E-state index >= 15 is 0 Å². The number of unbranched alkanes of at least 4 members (excludes halogenated alkanes) is 2. The fraction of sp³-hybridized carbons (Fsp3) is 0.583. The third-order valence-corrected chi connectivity index (χ3v) is 9.09. The number of hydrogen-bond acceptors (Lipinski definition) is 9. The minimum atomic E-state index is -0.145. The van der Waals surface area contributed by atoms with Gasteiger partial charge in [-0.05, 0) is 63.6 Å². The second kappa shape index (κ2) is 16.8. The first-order valence-corrected chi connectivity index (χ1v) is 17.5. The SMILES string of the molecule is CC[C@@H](NC(=O)CCCCCNC(=O)CNCc1nc(N(C)C(C)C)cc2c1CN(c1cccc(-c3nncn3CC)n1)C2=O)C(C)(C)C. The molecule has 0 saturated carbocycles. The molecule has 0 bridgehead atoms. The Hall–Kier alpha value is -4.39. The molecule has 0 aliphatic carbocycles. The van der Waals surface area contributed by atoms with Crippen molar-refractivity contribution in [2.75, 3.05) is 29.9 Å². The van der Waals surface area contributed by atoms with Crippen LogP contribution >= 0.6 is 0 Å². The molecule has 0 fully saturated rings. The summed E-state index contributed by atoms with van der Waals surface area (Å²) in [6, 6.07) is 7.73. The quantitative estimate of drug-likeness (QED) is 0.176. The van der Waals surface area contributed by atoms with Gasteiger partial charge in [-0.1, -0.05) is 40.2 Å². The van der Waals surface area contributed by atoms with Crippen molar-refractivity contribution < 1.29 is 14.4 Å². The van der Waals surface area contributed by atoms with Crippen LogP contribution in [0.2, 0.25) is 0 Å². The summed E-state index contributed by atoms with van der Waals surface area (Å²) in [7, 11) is 1.95. The highest BCUT2D eigenvalue weighted by atomic mass is 16.2. The lowest BCUT2D eigenvalue weighted by Gasteiger charge is -2.30. The van der Waals surface area contributed by atoms with Crippen molar-refractivity contribution >= 4 is 29.4 Å². The van der Waals surface area contributed by atoms with Gasteiger partial charge < -0.3 is 25.4 Å². The van der Waals surface area contributed by atoms with Crippen LogP contribution < -0.4 is 25.8 Å². The molecule has 3 amide bonds. The Balaban J connectivity index is 1.33. The van der Waals surface area contributed by atoms with Crippen LogP contribution in [-0.4, -0.2) is 74.7 Å². The fourth-order valence-corrected chi connectivity index (χ4v) is 5.88. The fourth-order valence-electron chi connectivity index (χ4n) is 5.88. The summed E-state index contributed by atoms with van der Waals surface area (Å²) in [5, 5.41) is 17.6. The number of carbonyl (C=O) groups is 3. The zero-order valence-electron chi connectivity index (χ0n) is 30.5. The normalized spacial score (nSPS) is 13.5. The first-order valence-electron chi connectivity index (χ1n) is 17.5. The van der Waals surface area contributed by atoms with Gasteiger partial charge in [0.15, 0.2) is 5.82 Å². The summed E-state index contributed by atoms with van der Waals surface area (Å²) in [5.41, 5.74) is 2.80. The van der Waals surface area contributed by atoms with E-state index in [0.717, 1.165) is 36.9 Å². The third kappa shape index (κ3) is 9.62. The molecule has 0 spiro atoms. The molecule has 0 aromatic carbocycles. The van der Waals surface area contributed by atoms with Gasteiger partial charge in [0.25, 0.3) is 5.91 Å². The number of hydrogen-bond donors (Lipinski definition) is 3. The number of aromatic nitrogens is 5. The van der Waals surface area contributed by atoms with Crippen molar-refractivity contribution in [3.8, 4) is 11.5 Å². The smallest absolute Gasteiger partial charge is 0.260 e. The van der Waals surface area contributed by atoms with E-state index in [9.17, 15) is 14.4 Å². The Bertz CT molecular complexity index is 1600. The predicted molar refractivity (Wildman–Crippen MR) is 192 cm³/mol. The average molecular weight is 675 g/mol. The van der Waals surface area contributed by atoms with E-state index in [2.05, 4.69) is 67.7 Å². The van der Waals surface area contributed by atoms with Crippen molar-refractivity contribution in [1.29, 1.82) is 0 Å². The predicted octanol–water partition coefficient (Wildman–Crippen LogP) is 4.47. The van der Waals surface area contributed by atoms with Crippen molar-refractivity contribution in [2.45, 2.75) is 112 Å². The van der Waals surface area contributed by atoms with Crippen LogP contribution in [0.25, 0.3) is 11.5 Å². The molecule has 13 nitrogen and oxygen atoms in total. The van der Waals surface area contributed by atoms with E-state index in [1.165, 1.54) is 0 Å². The van der Waals surface area contributed by atoms with Crippen molar-refractivity contribution in [3.05, 3.63) is 47.4 Å². The molecule has 4 heterocycles. The van der Waals surface area contributed by atoms with Gasteiger partial charge in [-0.25, -0.2) is 9.97 Å². The molecule has 1 atom stereocenters. The molecule has 0 saturated heterocycles. The van der Waals surface area contributed by atoms with Crippen LogP contribution in [0.3, 0.4) is 0 Å². The molecule has 13 heteroatoms. The second-order valence-electron chi connectivity index (χ2n) is 14.0. The zero-order chi connectivity index (χ0) is 35.7. The van der Waals surface area contributed by atoms with E-state index in [0.29, 0.717) is 61.3 Å². The first-order chi connectivity index (χ1) is 23.3. The van der Waals surface area contributed by atoms with E-state index in [1.807, 2.05) is 47.7 Å². The van der Waals surface area contributed by atoms with Gasteiger partial charge >= 0.3 is 0 Å². The van der Waals surface area contributed by atoms with E-state index in [1.54, 1.807) is 11.2 Å². The highest BCUT2D eigenvalue weighted by molar-refractivity contribution is 6.10. The van der Waals surface area contributed by atoms with Crippen LogP contribution in [0.15, 0.2) is 30.6 Å². The van der Waals surface area contributed by atoms with Crippen molar-refractivity contribution in [3.63, 3.8) is 0 Å². The van der Waals surface area contributed by atoms with E-state index < -0.39 is 0 Å². The number of rotatable bonds is 17. The van der Waals surface area contributed by atoms with Gasteiger partial charge in [-0.3, -0.25) is 19.3 Å². The number of nitrogens with zero attached hydrogens (tertiary/aromatic N) is 7. The zero-order valence-corrected chi connectivity index (χ0v) is 30.5. The largest absolute Gasteiger partial charge is 0.357 e. The van der Waals surface area contributed by atoms with Crippen LogP contribution in [0.5, 0.6) is 0 Å². The maximum Gasteiger partial charge on any atom is 0.260 e. The molecular formula is C36H54N10O3. The second-order valence-corrected chi connectivity index (χ2v) is 14.0. The molecule has 0 unspecified atom stereocenters. The Labute approximate surface area is 290 Å². The Kier molecular flexibility index (Phi) is 12.8. The summed E-state index contributed by atoms with van der Waals surface area (Å²) in [4.78, 5) is 52.2. The van der Waals surface area contributed by atoms with Crippen molar-refractivity contribution in [1.82, 2.24) is 40.7 Å². The lowest BCUT2D eigenvalue weighted by Crippen LogP contribution is -2.43. The highest BCUT2D eigenvalue weighted by Crippen LogP contribution is 2.32. The first kappa shape index (κ1) is 37.4. The van der Waals surface area contributed by atoms with E-state index in [-0.39, 0.29) is 41.8 Å². The molecule has 0 radical (unpaired) electrons. The summed E-state index contributed by atoms with van der Waals surface area (Å²) < 4.78 is 1.90. The molecule has 266 valence electrons. The number of anilines is 2. The minimum Gasteiger partial charge on any atom is -0.357 e. The Morgan fingerprint density at radius 1 is 1.06 bits per heavy atom. The highest BCUT2D eigenvalue weighted by Gasteiger charge is 2.33. The summed E-state index contributed by atoms with van der Waals surface area (Å²) in [6.45, 7) is 16.7. The molecular weight excluding hydrogens is 620 g/mol. The molecule has 3 aromatic heterocycles. The van der Waals surface area contributed by atoms with Crippen molar-refractivity contribution in [2.24, 2.45) is 5.41 Å². The Morgan fingerprint density at radius 3 is 2.53 bits per heavy atom. The molecule has 3 aromatic rings. The van der Waals surface area contributed by atoms with Gasteiger partial charge in [0.1, 0.15) is 23.7 Å². The molecule has 49 heavy (non-hydrogen) atoms. The monoisotopic (exact) mass is 674 g/mol. The molecule has 3 N–H and O–H groups in total. The van der Waals surface area contributed by atoms with Crippen LogP contribution in [-0.2, 0) is 29.2 Å². The standard InChI is InChI=1S/C36H54N10O3/c1-9-29(36(5,6)7)42-32(47)17-12-11-13-18-38-33(48)21-37-20-28-26-22-46(35(49)25(26)19-31(41-28)44(8)24(3)4)30-16-14-15-27(40-30)34-43-39-23-45(34)10-2/h14-16,19,23-24,29,37H,9-13,17-18,20-22H2,1-8H3,(H,38,48)(H,42,47)/t29-/m1/s1. The number of fused-ring (bicyclic) bond motifs is 1. The van der Waals surface area contributed by atoms with Crippen LogP contribution in [0.4, 0.5) is 11.6 Å². The van der Waals surface area contributed by atoms with Gasteiger partial charge in [0.05, 0.1) is 24.3 Å². The lowest BCUT2D eigenvalue weighted by atomic mass is 9.85. The van der Waals surface area contributed by atoms with Gasteiger partial charge in [0.2, 0.25) is 11.8 Å². The maximum absolute atomic E-state index is 13.8. The van der Waals surface area contributed by atoms with Gasteiger partial charge in [-0.2, -0.15) is 0 Å². The topological polar surface area (TPSA) is 150 Å². The molecule has 1 aliphatic rings. The van der Waals surface area contributed by atoms with Crippen LogP contribution in [0.1, 0.15) is 102 Å². The molecule has 1 aliphatic heterocycles. The minimum absolute atomic E-state index is 0.0343. The number of nitrogens with one attached hydrogen (secondary N) is 3. The average Bonchev–Trinajstić information content (AvgIpc) is 3.69. The van der Waals surface area contributed by atoms with Gasteiger partial charge in [-0.15, -0.1) is 10.2 Å². The Morgan fingerprint density at radius 2 is 1.84 bits per heavy atom. The van der Waals surface area contributed by atoms with E-state index in [4.69, 9.17) is 9.97 Å². The number of amides is 3. The third-order valence-electron chi connectivity index (χ3n) is 9.09. The summed E-state index contributed by atoms with van der Waals surface area (Å²) in [6.07, 6.45) is 5.51.